The van der Waals surface area contributed by atoms with Crippen molar-refractivity contribution in [1.82, 2.24) is 0 Å². The van der Waals surface area contributed by atoms with Gasteiger partial charge in [0.1, 0.15) is 6.61 Å². The quantitative estimate of drug-likeness (QED) is 0.298. The zero-order valence-corrected chi connectivity index (χ0v) is 17.7. The van der Waals surface area contributed by atoms with Crippen LogP contribution in [0.1, 0.15) is 16.7 Å². The predicted octanol–water partition coefficient (Wildman–Crippen LogP) is 7.05. The van der Waals surface area contributed by atoms with Crippen molar-refractivity contribution in [2.24, 2.45) is 5.10 Å². The number of hydrazone groups is 1. The number of halogens is 5. The van der Waals surface area contributed by atoms with Crippen molar-refractivity contribution in [3.8, 4) is 11.5 Å². The van der Waals surface area contributed by atoms with E-state index in [2.05, 4.69) is 10.5 Å². The average Bonchev–Trinajstić information content (AvgIpc) is 2.73. The number of anilines is 1. The first-order chi connectivity index (χ1) is 14.8. The monoisotopic (exact) mass is 468 g/mol. The van der Waals surface area contributed by atoms with Gasteiger partial charge in [0.05, 0.1) is 24.6 Å². The number of alkyl halides is 3. The molecule has 0 bridgehead atoms. The zero-order chi connectivity index (χ0) is 22.4. The van der Waals surface area contributed by atoms with Crippen LogP contribution in [0.3, 0.4) is 0 Å². The van der Waals surface area contributed by atoms with Crippen LogP contribution in [0.5, 0.6) is 11.5 Å². The second-order valence-electron chi connectivity index (χ2n) is 6.35. The predicted molar refractivity (Wildman–Crippen MR) is 116 cm³/mol. The molecule has 0 unspecified atom stereocenters. The molecular weight excluding hydrogens is 452 g/mol. The first-order valence-electron chi connectivity index (χ1n) is 8.98. The Morgan fingerprint density at radius 2 is 1.77 bits per heavy atom. The van der Waals surface area contributed by atoms with Gasteiger partial charge in [-0.25, -0.2) is 0 Å². The highest BCUT2D eigenvalue weighted by Gasteiger charge is 2.33. The van der Waals surface area contributed by atoms with E-state index >= 15 is 0 Å². The first-order valence-corrected chi connectivity index (χ1v) is 9.73. The molecule has 3 aromatic carbocycles. The summed E-state index contributed by atoms with van der Waals surface area (Å²) < 4.78 is 50.3. The summed E-state index contributed by atoms with van der Waals surface area (Å²) >= 11 is 12.0. The van der Waals surface area contributed by atoms with Gasteiger partial charge in [-0.3, -0.25) is 5.43 Å². The summed E-state index contributed by atoms with van der Waals surface area (Å²) in [7, 11) is 1.48. The molecule has 3 aromatic rings. The standard InChI is InChI=1S/C22H17Cl2F3N2O2/c1-30-21-10-14(12-28-29-19-5-3-2-4-17(19)22(25,26)27)6-9-20(21)31-13-15-7-8-16(23)11-18(15)24/h2-12,29H,13H2,1H3. The van der Waals surface area contributed by atoms with E-state index in [0.29, 0.717) is 27.1 Å². The number of para-hydroxylation sites is 1. The maximum Gasteiger partial charge on any atom is 0.418 e. The third kappa shape index (κ3) is 6.06. The molecular formula is C22H17Cl2F3N2O2. The van der Waals surface area contributed by atoms with Crippen LogP contribution in [0.25, 0.3) is 0 Å². The van der Waals surface area contributed by atoms with Gasteiger partial charge in [-0.1, -0.05) is 41.4 Å². The van der Waals surface area contributed by atoms with Crippen LogP contribution in [0.2, 0.25) is 10.0 Å². The van der Waals surface area contributed by atoms with E-state index in [9.17, 15) is 13.2 Å². The van der Waals surface area contributed by atoms with Gasteiger partial charge in [-0.15, -0.1) is 0 Å². The van der Waals surface area contributed by atoms with Crippen molar-refractivity contribution in [1.29, 1.82) is 0 Å². The van der Waals surface area contributed by atoms with Crippen molar-refractivity contribution in [2.75, 3.05) is 12.5 Å². The molecule has 31 heavy (non-hydrogen) atoms. The van der Waals surface area contributed by atoms with Gasteiger partial charge in [0.15, 0.2) is 11.5 Å². The molecule has 0 aliphatic heterocycles. The normalized spacial score (nSPS) is 11.5. The van der Waals surface area contributed by atoms with Gasteiger partial charge in [0.2, 0.25) is 0 Å². The van der Waals surface area contributed by atoms with Crippen LogP contribution in [-0.2, 0) is 12.8 Å². The molecule has 0 fully saturated rings. The summed E-state index contributed by atoms with van der Waals surface area (Å²) in [5.74, 6) is 0.908. The van der Waals surface area contributed by atoms with Crippen molar-refractivity contribution < 1.29 is 22.6 Å². The van der Waals surface area contributed by atoms with Crippen molar-refractivity contribution in [3.05, 3.63) is 87.4 Å². The van der Waals surface area contributed by atoms with Gasteiger partial charge < -0.3 is 9.47 Å². The van der Waals surface area contributed by atoms with Gasteiger partial charge >= 0.3 is 6.18 Å². The highest BCUT2D eigenvalue weighted by Crippen LogP contribution is 2.34. The summed E-state index contributed by atoms with van der Waals surface area (Å²) in [5.41, 5.74) is 2.85. The fourth-order valence-electron chi connectivity index (χ4n) is 2.68. The lowest BCUT2D eigenvalue weighted by Crippen LogP contribution is -2.08. The number of hydrogen-bond donors (Lipinski definition) is 1. The van der Waals surface area contributed by atoms with Crippen LogP contribution in [-0.4, -0.2) is 13.3 Å². The molecule has 0 aliphatic rings. The van der Waals surface area contributed by atoms with Crippen molar-refractivity contribution in [2.45, 2.75) is 12.8 Å². The Balaban J connectivity index is 1.70. The summed E-state index contributed by atoms with van der Waals surface area (Å²) in [6.07, 6.45) is -3.09. The average molecular weight is 469 g/mol. The van der Waals surface area contributed by atoms with Gasteiger partial charge in [0, 0.05) is 15.6 Å². The molecule has 1 N–H and O–H groups in total. The van der Waals surface area contributed by atoms with E-state index in [1.165, 1.54) is 31.5 Å². The maximum absolute atomic E-state index is 13.0. The number of ether oxygens (including phenoxy) is 2. The summed E-state index contributed by atoms with van der Waals surface area (Å²) in [4.78, 5) is 0. The Kier molecular flexibility index (Phi) is 7.30. The molecule has 0 aliphatic carbocycles. The number of hydrogen-bond acceptors (Lipinski definition) is 4. The first kappa shape index (κ1) is 22.8. The second-order valence-corrected chi connectivity index (χ2v) is 7.19. The summed E-state index contributed by atoms with van der Waals surface area (Å²) in [5, 5.41) is 4.92. The van der Waals surface area contributed by atoms with Gasteiger partial charge in [-0.2, -0.15) is 18.3 Å². The van der Waals surface area contributed by atoms with Gasteiger partial charge in [0.25, 0.3) is 0 Å². The van der Waals surface area contributed by atoms with Crippen LogP contribution < -0.4 is 14.9 Å². The van der Waals surface area contributed by atoms with E-state index in [1.807, 2.05) is 0 Å². The molecule has 0 heterocycles. The number of nitrogens with zero attached hydrogens (tertiary/aromatic N) is 1. The largest absolute Gasteiger partial charge is 0.493 e. The highest BCUT2D eigenvalue weighted by atomic mass is 35.5. The molecule has 0 spiro atoms. The topological polar surface area (TPSA) is 42.8 Å². The number of rotatable bonds is 7. The Morgan fingerprint density at radius 3 is 2.48 bits per heavy atom. The highest BCUT2D eigenvalue weighted by molar-refractivity contribution is 6.35. The SMILES string of the molecule is COc1cc(C=NNc2ccccc2C(F)(F)F)ccc1OCc1ccc(Cl)cc1Cl. The molecule has 0 saturated carbocycles. The number of benzene rings is 3. The van der Waals surface area contributed by atoms with Crippen LogP contribution in [0, 0.1) is 0 Å². The van der Waals surface area contributed by atoms with E-state index in [-0.39, 0.29) is 12.3 Å². The minimum Gasteiger partial charge on any atom is -0.493 e. The second kappa shape index (κ2) is 9.94. The molecule has 0 radical (unpaired) electrons. The smallest absolute Gasteiger partial charge is 0.418 e. The molecule has 162 valence electrons. The summed E-state index contributed by atoms with van der Waals surface area (Å²) in [6.45, 7) is 0.204. The Labute approximate surface area is 187 Å². The summed E-state index contributed by atoms with van der Waals surface area (Å²) in [6, 6.07) is 15.2. The molecule has 4 nitrogen and oxygen atoms in total. The fraction of sp³-hybridized carbons (Fsp3) is 0.136. The lowest BCUT2D eigenvalue weighted by atomic mass is 10.2. The minimum atomic E-state index is -4.48. The number of nitrogens with one attached hydrogen (secondary N) is 1. The van der Waals surface area contributed by atoms with Crippen molar-refractivity contribution >= 4 is 35.1 Å². The van der Waals surface area contributed by atoms with E-state index < -0.39 is 11.7 Å². The van der Waals surface area contributed by atoms with Gasteiger partial charge in [-0.05, 0) is 48.0 Å². The Hall–Kier alpha value is -2.90. The van der Waals surface area contributed by atoms with E-state index in [0.717, 1.165) is 11.6 Å². The Morgan fingerprint density at radius 1 is 1.00 bits per heavy atom. The third-order valence-corrected chi connectivity index (χ3v) is 4.80. The molecule has 9 heteroatoms. The maximum atomic E-state index is 13.0. The molecule has 3 rings (SSSR count). The fourth-order valence-corrected chi connectivity index (χ4v) is 3.15. The molecule has 0 saturated heterocycles. The Bertz CT molecular complexity index is 1090. The number of methoxy groups -OCH3 is 1. The van der Waals surface area contributed by atoms with E-state index in [1.54, 1.807) is 36.4 Å². The van der Waals surface area contributed by atoms with E-state index in [4.69, 9.17) is 32.7 Å². The molecule has 0 amide bonds. The third-order valence-electron chi connectivity index (χ3n) is 4.22. The molecule has 0 aromatic heterocycles. The lowest BCUT2D eigenvalue weighted by molar-refractivity contribution is -0.136. The minimum absolute atomic E-state index is 0.141. The van der Waals surface area contributed by atoms with Crippen LogP contribution in [0.15, 0.2) is 65.8 Å². The van der Waals surface area contributed by atoms with Crippen LogP contribution in [0.4, 0.5) is 18.9 Å². The van der Waals surface area contributed by atoms with Crippen molar-refractivity contribution in [3.63, 3.8) is 0 Å². The zero-order valence-electron chi connectivity index (χ0n) is 16.2. The molecule has 0 atom stereocenters. The van der Waals surface area contributed by atoms with Crippen LogP contribution >= 0.6 is 23.2 Å². The lowest BCUT2D eigenvalue weighted by Gasteiger charge is -2.13.